The molecule has 2 saturated heterocycles. The van der Waals surface area contributed by atoms with Gasteiger partial charge in [0.1, 0.15) is 6.61 Å². The number of carbonyl (C=O) groups is 1. The fourth-order valence-corrected chi connectivity index (χ4v) is 4.27. The summed E-state index contributed by atoms with van der Waals surface area (Å²) < 4.78 is 11.5. The number of morpholine rings is 1. The Bertz CT molecular complexity index is 656. The van der Waals surface area contributed by atoms with E-state index in [4.69, 9.17) is 9.47 Å². The van der Waals surface area contributed by atoms with E-state index in [-0.39, 0.29) is 12.1 Å². The van der Waals surface area contributed by atoms with Crippen LogP contribution in [0.1, 0.15) is 51.9 Å². The van der Waals surface area contributed by atoms with Crippen molar-refractivity contribution in [3.63, 3.8) is 0 Å². The first-order valence-electron chi connectivity index (χ1n) is 8.70. The normalized spacial score (nSPS) is 30.7. The van der Waals surface area contributed by atoms with E-state index >= 15 is 0 Å². The van der Waals surface area contributed by atoms with Crippen LogP contribution < -0.4 is 5.32 Å². The molecule has 3 aliphatic heterocycles. The summed E-state index contributed by atoms with van der Waals surface area (Å²) in [5, 5.41) is 3.44. The number of hydrogen-bond acceptors (Lipinski definition) is 5. The van der Waals surface area contributed by atoms with Crippen LogP contribution in [0.4, 0.5) is 0 Å². The van der Waals surface area contributed by atoms with Gasteiger partial charge in [-0.3, -0.25) is 4.90 Å². The van der Waals surface area contributed by atoms with Gasteiger partial charge in [0.2, 0.25) is 0 Å². The molecule has 3 fully saturated rings. The number of nitrogens with one attached hydrogen (secondary N) is 1. The SMILES string of the molecule is O=C1OCc2c1ccc([C@@H]1CN3CCNC[C@H]3CO1)c2C1CC1. The molecular weight excluding hydrogens is 292 g/mol. The van der Waals surface area contributed by atoms with Crippen LogP contribution in [0.15, 0.2) is 12.1 Å². The van der Waals surface area contributed by atoms with Crippen LogP contribution >= 0.6 is 0 Å². The summed E-state index contributed by atoms with van der Waals surface area (Å²) in [5.74, 6) is 0.430. The Morgan fingerprint density at radius 3 is 3.04 bits per heavy atom. The van der Waals surface area contributed by atoms with Gasteiger partial charge in [0.15, 0.2) is 0 Å². The van der Waals surface area contributed by atoms with Gasteiger partial charge in [-0.05, 0) is 36.0 Å². The van der Waals surface area contributed by atoms with Gasteiger partial charge in [0.25, 0.3) is 0 Å². The third kappa shape index (κ3) is 2.30. The third-order valence-electron chi connectivity index (χ3n) is 5.65. The highest BCUT2D eigenvalue weighted by molar-refractivity contribution is 5.94. The zero-order valence-corrected chi connectivity index (χ0v) is 13.2. The summed E-state index contributed by atoms with van der Waals surface area (Å²) in [5.41, 5.74) is 4.54. The maximum atomic E-state index is 11.9. The second-order valence-corrected chi connectivity index (χ2v) is 7.12. The molecule has 2 atom stereocenters. The van der Waals surface area contributed by atoms with Gasteiger partial charge in [-0.1, -0.05) is 6.07 Å². The largest absolute Gasteiger partial charge is 0.457 e. The van der Waals surface area contributed by atoms with Gasteiger partial charge in [-0.2, -0.15) is 0 Å². The fraction of sp³-hybridized carbons (Fsp3) is 0.611. The molecule has 5 nitrogen and oxygen atoms in total. The van der Waals surface area contributed by atoms with Crippen LogP contribution in [0.3, 0.4) is 0 Å². The van der Waals surface area contributed by atoms with Crippen LogP contribution in [-0.4, -0.2) is 49.7 Å². The molecule has 0 unspecified atom stereocenters. The number of piperazine rings is 1. The van der Waals surface area contributed by atoms with Crippen LogP contribution in [0.25, 0.3) is 0 Å². The Balaban J connectivity index is 1.50. The summed E-state index contributed by atoms with van der Waals surface area (Å²) in [7, 11) is 0. The molecule has 0 amide bonds. The molecule has 5 rings (SSSR count). The zero-order valence-electron chi connectivity index (χ0n) is 13.2. The number of ether oxygens (including phenoxy) is 2. The van der Waals surface area contributed by atoms with Crippen molar-refractivity contribution >= 4 is 5.97 Å². The highest BCUT2D eigenvalue weighted by Gasteiger charge is 2.38. The first-order valence-corrected chi connectivity index (χ1v) is 8.70. The molecule has 1 N–H and O–H groups in total. The fourth-order valence-electron chi connectivity index (χ4n) is 4.27. The Morgan fingerprint density at radius 1 is 1.26 bits per heavy atom. The van der Waals surface area contributed by atoms with E-state index in [9.17, 15) is 4.79 Å². The van der Waals surface area contributed by atoms with Crippen molar-refractivity contribution in [2.45, 2.75) is 37.5 Å². The van der Waals surface area contributed by atoms with Gasteiger partial charge < -0.3 is 14.8 Å². The second kappa shape index (κ2) is 5.30. The average molecular weight is 314 g/mol. The number of benzene rings is 1. The minimum Gasteiger partial charge on any atom is -0.457 e. The molecule has 1 saturated carbocycles. The van der Waals surface area contributed by atoms with E-state index in [1.807, 2.05) is 6.07 Å². The van der Waals surface area contributed by atoms with E-state index in [0.29, 0.717) is 18.6 Å². The molecular formula is C18H22N2O3. The Labute approximate surface area is 135 Å². The molecule has 0 bridgehead atoms. The summed E-state index contributed by atoms with van der Waals surface area (Å²) in [4.78, 5) is 14.4. The molecule has 3 heterocycles. The third-order valence-corrected chi connectivity index (χ3v) is 5.65. The minimum absolute atomic E-state index is 0.126. The van der Waals surface area contributed by atoms with Crippen molar-refractivity contribution in [2.75, 3.05) is 32.8 Å². The maximum absolute atomic E-state index is 11.9. The van der Waals surface area contributed by atoms with Gasteiger partial charge in [-0.15, -0.1) is 0 Å². The zero-order chi connectivity index (χ0) is 15.4. The Kier molecular flexibility index (Phi) is 3.21. The number of hydrogen-bond donors (Lipinski definition) is 1. The summed E-state index contributed by atoms with van der Waals surface area (Å²) in [6, 6.07) is 4.56. The minimum atomic E-state index is -0.166. The van der Waals surface area contributed by atoms with Crippen molar-refractivity contribution in [2.24, 2.45) is 0 Å². The molecule has 0 radical (unpaired) electrons. The van der Waals surface area contributed by atoms with Crippen LogP contribution in [0.2, 0.25) is 0 Å². The lowest BCUT2D eigenvalue weighted by molar-refractivity contribution is -0.0721. The van der Waals surface area contributed by atoms with E-state index in [0.717, 1.165) is 43.9 Å². The van der Waals surface area contributed by atoms with Crippen molar-refractivity contribution < 1.29 is 14.3 Å². The van der Waals surface area contributed by atoms with Crippen molar-refractivity contribution in [3.8, 4) is 0 Å². The number of rotatable bonds is 2. The number of carbonyl (C=O) groups excluding carboxylic acids is 1. The van der Waals surface area contributed by atoms with E-state index < -0.39 is 0 Å². The molecule has 4 aliphatic rings. The first-order chi connectivity index (χ1) is 11.3. The highest BCUT2D eigenvalue weighted by atomic mass is 16.5. The van der Waals surface area contributed by atoms with E-state index in [1.54, 1.807) is 0 Å². The molecule has 23 heavy (non-hydrogen) atoms. The van der Waals surface area contributed by atoms with Gasteiger partial charge >= 0.3 is 5.97 Å². The summed E-state index contributed by atoms with van der Waals surface area (Å²) in [6.45, 7) is 5.36. The highest BCUT2D eigenvalue weighted by Crippen LogP contribution is 2.47. The molecule has 1 aliphatic carbocycles. The molecule has 1 aromatic carbocycles. The van der Waals surface area contributed by atoms with Crippen molar-refractivity contribution in [1.82, 2.24) is 10.2 Å². The lowest BCUT2D eigenvalue weighted by Crippen LogP contribution is -2.57. The quantitative estimate of drug-likeness (QED) is 0.840. The summed E-state index contributed by atoms with van der Waals surface area (Å²) >= 11 is 0. The first kappa shape index (κ1) is 14.0. The number of esters is 1. The van der Waals surface area contributed by atoms with Crippen molar-refractivity contribution in [1.29, 1.82) is 0 Å². The summed E-state index contributed by atoms with van der Waals surface area (Å²) in [6.07, 6.45) is 2.57. The van der Waals surface area contributed by atoms with Crippen LogP contribution in [0.5, 0.6) is 0 Å². The molecule has 5 heteroatoms. The monoisotopic (exact) mass is 314 g/mol. The Morgan fingerprint density at radius 2 is 2.17 bits per heavy atom. The second-order valence-electron chi connectivity index (χ2n) is 7.12. The lowest BCUT2D eigenvalue weighted by atomic mass is 9.90. The van der Waals surface area contributed by atoms with Gasteiger partial charge in [-0.25, -0.2) is 4.79 Å². The number of nitrogens with zero attached hydrogens (tertiary/aromatic N) is 1. The average Bonchev–Trinajstić information content (AvgIpc) is 3.37. The van der Waals surface area contributed by atoms with Crippen LogP contribution in [0, 0.1) is 0 Å². The van der Waals surface area contributed by atoms with E-state index in [1.165, 1.54) is 24.0 Å². The maximum Gasteiger partial charge on any atom is 0.338 e. The van der Waals surface area contributed by atoms with Gasteiger partial charge in [0.05, 0.1) is 18.3 Å². The lowest BCUT2D eigenvalue weighted by Gasteiger charge is -2.43. The van der Waals surface area contributed by atoms with Crippen molar-refractivity contribution in [3.05, 3.63) is 34.4 Å². The standard InChI is InChI=1S/C18H22N2O3/c21-18-13-3-4-14(17(11-1-2-11)15(13)10-23-18)16-8-20-6-5-19-7-12(20)9-22-16/h3-4,11-12,16,19H,1-2,5-10H2/t12-,16-/m0/s1. The topological polar surface area (TPSA) is 50.8 Å². The van der Waals surface area contributed by atoms with Gasteiger partial charge in [0, 0.05) is 37.8 Å². The molecule has 0 spiro atoms. The number of cyclic esters (lactones) is 1. The number of fused-ring (bicyclic) bond motifs is 2. The smallest absolute Gasteiger partial charge is 0.338 e. The predicted molar refractivity (Wildman–Crippen MR) is 84.5 cm³/mol. The van der Waals surface area contributed by atoms with E-state index in [2.05, 4.69) is 16.3 Å². The molecule has 122 valence electrons. The molecule has 0 aromatic heterocycles. The predicted octanol–water partition coefficient (Wildman–Crippen LogP) is 1.58. The molecule has 1 aromatic rings. The Hall–Kier alpha value is -1.43. The van der Waals surface area contributed by atoms with Crippen LogP contribution in [-0.2, 0) is 16.1 Å².